The minimum Gasteiger partial charge on any atom is -0.286 e. The fourth-order valence-corrected chi connectivity index (χ4v) is 4.70. The SMILES string of the molecule is Cn1cc(S(=O)(=O)N2CCCC(c3nnc4ccccn34)C2)cn1. The van der Waals surface area contributed by atoms with Gasteiger partial charge in [0.2, 0.25) is 10.0 Å². The third kappa shape index (κ3) is 2.49. The van der Waals surface area contributed by atoms with E-state index in [-0.39, 0.29) is 10.8 Å². The van der Waals surface area contributed by atoms with Gasteiger partial charge in [-0.1, -0.05) is 6.07 Å². The van der Waals surface area contributed by atoms with E-state index >= 15 is 0 Å². The molecule has 3 aromatic rings. The molecule has 126 valence electrons. The van der Waals surface area contributed by atoms with Gasteiger partial charge in [0.1, 0.15) is 10.7 Å². The van der Waals surface area contributed by atoms with Crippen LogP contribution in [-0.4, -0.2) is 50.2 Å². The number of piperidine rings is 1. The van der Waals surface area contributed by atoms with E-state index < -0.39 is 10.0 Å². The van der Waals surface area contributed by atoms with Crippen LogP contribution >= 0.6 is 0 Å². The summed E-state index contributed by atoms with van der Waals surface area (Å²) >= 11 is 0. The summed E-state index contributed by atoms with van der Waals surface area (Å²) in [7, 11) is -1.82. The number of hydrogen-bond acceptors (Lipinski definition) is 5. The maximum absolute atomic E-state index is 12.8. The van der Waals surface area contributed by atoms with E-state index in [1.54, 1.807) is 7.05 Å². The molecule has 9 heteroatoms. The number of pyridine rings is 1. The summed E-state index contributed by atoms with van der Waals surface area (Å²) in [6.45, 7) is 0.928. The monoisotopic (exact) mass is 346 g/mol. The minimum atomic E-state index is -3.53. The maximum Gasteiger partial charge on any atom is 0.246 e. The summed E-state index contributed by atoms with van der Waals surface area (Å²) in [6.07, 6.45) is 6.54. The van der Waals surface area contributed by atoms with Gasteiger partial charge in [-0.3, -0.25) is 9.08 Å². The molecule has 8 nitrogen and oxygen atoms in total. The Morgan fingerprint density at radius 2 is 2.12 bits per heavy atom. The zero-order valence-electron chi connectivity index (χ0n) is 13.3. The largest absolute Gasteiger partial charge is 0.286 e. The van der Waals surface area contributed by atoms with Crippen molar-refractivity contribution in [3.63, 3.8) is 0 Å². The lowest BCUT2D eigenvalue weighted by molar-refractivity contribution is 0.308. The summed E-state index contributed by atoms with van der Waals surface area (Å²) < 4.78 is 30.6. The zero-order chi connectivity index (χ0) is 16.7. The van der Waals surface area contributed by atoms with Crippen molar-refractivity contribution >= 4 is 15.7 Å². The molecule has 0 saturated carbocycles. The second kappa shape index (κ2) is 5.67. The second-order valence-corrected chi connectivity index (χ2v) is 7.98. The molecule has 0 aromatic carbocycles. The average molecular weight is 346 g/mol. The number of fused-ring (bicyclic) bond motifs is 1. The summed E-state index contributed by atoms with van der Waals surface area (Å²) in [4.78, 5) is 0.233. The Morgan fingerprint density at radius 1 is 1.25 bits per heavy atom. The predicted octanol–water partition coefficient (Wildman–Crippen LogP) is 1.03. The van der Waals surface area contributed by atoms with Crippen LogP contribution in [0.3, 0.4) is 0 Å². The summed E-state index contributed by atoms with van der Waals surface area (Å²) in [5, 5.41) is 12.4. The van der Waals surface area contributed by atoms with Crippen LogP contribution in [0.2, 0.25) is 0 Å². The third-order valence-corrected chi connectivity index (χ3v) is 6.23. The van der Waals surface area contributed by atoms with Crippen LogP contribution in [0.5, 0.6) is 0 Å². The highest BCUT2D eigenvalue weighted by molar-refractivity contribution is 7.89. The molecule has 0 spiro atoms. The fraction of sp³-hybridized carbons (Fsp3) is 0.400. The molecule has 0 radical (unpaired) electrons. The van der Waals surface area contributed by atoms with Gasteiger partial charge < -0.3 is 0 Å². The van der Waals surface area contributed by atoms with Crippen molar-refractivity contribution < 1.29 is 8.42 Å². The smallest absolute Gasteiger partial charge is 0.246 e. The molecule has 1 aliphatic rings. The van der Waals surface area contributed by atoms with Crippen LogP contribution < -0.4 is 0 Å². The normalized spacial score (nSPS) is 19.8. The summed E-state index contributed by atoms with van der Waals surface area (Å²) in [5.41, 5.74) is 0.778. The van der Waals surface area contributed by atoms with Crippen LogP contribution in [0.25, 0.3) is 5.65 Å². The molecule has 1 aliphatic heterocycles. The first-order valence-corrected chi connectivity index (χ1v) is 9.28. The Hall–Kier alpha value is -2.26. The standard InChI is InChI=1S/C15H18N6O2S/c1-19-11-13(9-16-19)24(22,23)20-7-4-5-12(10-20)15-18-17-14-6-2-3-8-21(14)15/h2-3,6,8-9,11-12H,4-5,7,10H2,1H3. The van der Waals surface area contributed by atoms with Crippen molar-refractivity contribution in [1.82, 2.24) is 28.7 Å². The molecule has 1 saturated heterocycles. The van der Waals surface area contributed by atoms with Gasteiger partial charge in [-0.25, -0.2) is 8.42 Å². The van der Waals surface area contributed by atoms with Crippen molar-refractivity contribution in [2.24, 2.45) is 7.05 Å². The molecule has 1 atom stereocenters. The van der Waals surface area contributed by atoms with E-state index in [9.17, 15) is 8.42 Å². The molecule has 0 N–H and O–H groups in total. The van der Waals surface area contributed by atoms with Gasteiger partial charge in [0.25, 0.3) is 0 Å². The van der Waals surface area contributed by atoms with E-state index in [0.717, 1.165) is 24.3 Å². The molecule has 1 fully saturated rings. The highest BCUT2D eigenvalue weighted by atomic mass is 32.2. The topological polar surface area (TPSA) is 85.4 Å². The van der Waals surface area contributed by atoms with Gasteiger partial charge in [-0.15, -0.1) is 10.2 Å². The van der Waals surface area contributed by atoms with Crippen molar-refractivity contribution in [1.29, 1.82) is 0 Å². The van der Waals surface area contributed by atoms with E-state index in [0.29, 0.717) is 13.1 Å². The van der Waals surface area contributed by atoms with Crippen LogP contribution in [0.1, 0.15) is 24.6 Å². The van der Waals surface area contributed by atoms with E-state index in [2.05, 4.69) is 15.3 Å². The molecular formula is C15H18N6O2S. The molecule has 0 aliphatic carbocycles. The Kier molecular flexibility index (Phi) is 3.61. The van der Waals surface area contributed by atoms with Gasteiger partial charge in [0.15, 0.2) is 5.65 Å². The average Bonchev–Trinajstić information content (AvgIpc) is 3.21. The second-order valence-electron chi connectivity index (χ2n) is 6.04. The van der Waals surface area contributed by atoms with Crippen LogP contribution in [-0.2, 0) is 17.1 Å². The predicted molar refractivity (Wildman–Crippen MR) is 86.9 cm³/mol. The zero-order valence-corrected chi connectivity index (χ0v) is 14.1. The molecule has 0 bridgehead atoms. The lowest BCUT2D eigenvalue weighted by atomic mass is 9.99. The quantitative estimate of drug-likeness (QED) is 0.707. The van der Waals surface area contributed by atoms with Crippen molar-refractivity contribution in [3.8, 4) is 0 Å². The maximum atomic E-state index is 12.8. The molecule has 3 aromatic heterocycles. The molecule has 4 heterocycles. The van der Waals surface area contributed by atoms with Gasteiger partial charge in [-0.05, 0) is 25.0 Å². The van der Waals surface area contributed by atoms with Crippen LogP contribution in [0.4, 0.5) is 0 Å². The third-order valence-electron chi connectivity index (χ3n) is 4.41. The Bertz CT molecular complexity index is 977. The number of aromatic nitrogens is 5. The van der Waals surface area contributed by atoms with Gasteiger partial charge in [0.05, 0.1) is 6.20 Å². The Labute approximate surface area is 139 Å². The molecule has 1 unspecified atom stereocenters. The number of hydrogen-bond donors (Lipinski definition) is 0. The fourth-order valence-electron chi connectivity index (χ4n) is 3.19. The minimum absolute atomic E-state index is 0.0302. The highest BCUT2D eigenvalue weighted by Crippen LogP contribution is 2.29. The number of rotatable bonds is 3. The van der Waals surface area contributed by atoms with Crippen molar-refractivity contribution in [3.05, 3.63) is 42.6 Å². The molecule has 4 rings (SSSR count). The van der Waals surface area contributed by atoms with E-state index in [1.165, 1.54) is 21.4 Å². The first kappa shape index (κ1) is 15.3. The van der Waals surface area contributed by atoms with Gasteiger partial charge in [0, 0.05) is 38.4 Å². The van der Waals surface area contributed by atoms with Gasteiger partial charge >= 0.3 is 0 Å². The van der Waals surface area contributed by atoms with E-state index in [4.69, 9.17) is 0 Å². The first-order chi connectivity index (χ1) is 11.6. The lowest BCUT2D eigenvalue weighted by Gasteiger charge is -2.30. The molecular weight excluding hydrogens is 328 g/mol. The first-order valence-electron chi connectivity index (χ1n) is 7.84. The summed E-state index contributed by atoms with van der Waals surface area (Å²) in [5.74, 6) is 0.847. The van der Waals surface area contributed by atoms with Crippen LogP contribution in [0, 0.1) is 0 Å². The molecule has 0 amide bonds. The van der Waals surface area contributed by atoms with E-state index in [1.807, 2.05) is 28.8 Å². The Morgan fingerprint density at radius 3 is 2.92 bits per heavy atom. The van der Waals surface area contributed by atoms with Crippen molar-refractivity contribution in [2.45, 2.75) is 23.7 Å². The lowest BCUT2D eigenvalue weighted by Crippen LogP contribution is -2.39. The van der Waals surface area contributed by atoms with Crippen molar-refractivity contribution in [2.75, 3.05) is 13.1 Å². The highest BCUT2D eigenvalue weighted by Gasteiger charge is 2.33. The summed E-state index contributed by atoms with van der Waals surface area (Å²) in [6, 6.07) is 5.73. The molecule has 24 heavy (non-hydrogen) atoms. The number of sulfonamides is 1. The van der Waals surface area contributed by atoms with Crippen LogP contribution in [0.15, 0.2) is 41.7 Å². The van der Waals surface area contributed by atoms with Gasteiger partial charge in [-0.2, -0.15) is 9.40 Å². The Balaban J connectivity index is 1.64. The number of aryl methyl sites for hydroxylation is 1. The number of nitrogens with zero attached hydrogens (tertiary/aromatic N) is 6.